The van der Waals surface area contributed by atoms with E-state index in [1.807, 2.05) is 48.5 Å². The Morgan fingerprint density at radius 1 is 1.04 bits per heavy atom. The first-order chi connectivity index (χ1) is 13.6. The Morgan fingerprint density at radius 2 is 1.71 bits per heavy atom. The minimum Gasteiger partial charge on any atom is -0.452 e. The summed E-state index contributed by atoms with van der Waals surface area (Å²) < 4.78 is 6.80. The molecule has 28 heavy (non-hydrogen) atoms. The second kappa shape index (κ2) is 9.50. The van der Waals surface area contributed by atoms with Crippen LogP contribution >= 0.6 is 0 Å². The number of benzene rings is 2. The molecule has 1 amide bonds. The van der Waals surface area contributed by atoms with Gasteiger partial charge < -0.3 is 10.1 Å². The molecule has 144 valence electrons. The fraction of sp³-hybridized carbons (Fsp3) is 0.227. The number of carbonyl (C=O) groups excluding carboxylic acids is 2. The highest BCUT2D eigenvalue weighted by molar-refractivity contribution is 5.92. The Bertz CT molecular complexity index is 921. The summed E-state index contributed by atoms with van der Waals surface area (Å²) in [4.78, 5) is 24.2. The highest BCUT2D eigenvalue weighted by Crippen LogP contribution is 2.14. The van der Waals surface area contributed by atoms with Gasteiger partial charge in [0.1, 0.15) is 5.56 Å². The van der Waals surface area contributed by atoms with Crippen LogP contribution in [0.5, 0.6) is 0 Å². The highest BCUT2D eigenvalue weighted by Gasteiger charge is 2.17. The molecule has 0 aliphatic carbocycles. The fourth-order valence-corrected chi connectivity index (χ4v) is 2.86. The van der Waals surface area contributed by atoms with Gasteiger partial charge in [0.2, 0.25) is 0 Å². The van der Waals surface area contributed by atoms with E-state index < -0.39 is 5.97 Å². The van der Waals surface area contributed by atoms with Gasteiger partial charge in [-0.25, -0.2) is 9.48 Å². The van der Waals surface area contributed by atoms with Crippen LogP contribution in [-0.4, -0.2) is 34.8 Å². The number of hydrogen-bond donors (Lipinski definition) is 1. The van der Waals surface area contributed by atoms with Crippen LogP contribution in [0.15, 0.2) is 66.9 Å². The molecule has 0 aliphatic heterocycles. The molecule has 0 aliphatic rings. The van der Waals surface area contributed by atoms with Crippen molar-refractivity contribution in [2.75, 3.05) is 13.2 Å². The van der Waals surface area contributed by atoms with Crippen LogP contribution < -0.4 is 5.32 Å². The maximum absolute atomic E-state index is 12.3. The van der Waals surface area contributed by atoms with Crippen molar-refractivity contribution < 1.29 is 14.3 Å². The maximum Gasteiger partial charge on any atom is 0.342 e. The van der Waals surface area contributed by atoms with Crippen LogP contribution in [0, 0.1) is 6.92 Å². The first kappa shape index (κ1) is 19.4. The number of aryl methyl sites for hydroxylation is 1. The van der Waals surface area contributed by atoms with Gasteiger partial charge in [-0.3, -0.25) is 4.79 Å². The zero-order valence-electron chi connectivity index (χ0n) is 15.8. The van der Waals surface area contributed by atoms with Crippen LogP contribution in [0.3, 0.4) is 0 Å². The summed E-state index contributed by atoms with van der Waals surface area (Å²) in [6.07, 6.45) is 3.17. The van der Waals surface area contributed by atoms with E-state index in [4.69, 9.17) is 4.74 Å². The van der Waals surface area contributed by atoms with E-state index in [0.717, 1.165) is 18.5 Å². The molecule has 0 saturated carbocycles. The van der Waals surface area contributed by atoms with Gasteiger partial charge in [0.05, 0.1) is 17.6 Å². The molecule has 0 atom stereocenters. The normalized spacial score (nSPS) is 10.5. The van der Waals surface area contributed by atoms with Crippen molar-refractivity contribution >= 4 is 11.9 Å². The van der Waals surface area contributed by atoms with Gasteiger partial charge in [-0.15, -0.1) is 0 Å². The average Bonchev–Trinajstić information content (AvgIpc) is 3.12. The van der Waals surface area contributed by atoms with Crippen LogP contribution in [0.2, 0.25) is 0 Å². The van der Waals surface area contributed by atoms with E-state index >= 15 is 0 Å². The molecule has 1 aromatic heterocycles. The predicted molar refractivity (Wildman–Crippen MR) is 106 cm³/mol. The second-order valence-corrected chi connectivity index (χ2v) is 6.41. The minimum atomic E-state index is -0.556. The fourth-order valence-electron chi connectivity index (χ4n) is 2.86. The third-order valence-corrected chi connectivity index (χ3v) is 4.37. The van der Waals surface area contributed by atoms with Crippen LogP contribution in [0.25, 0.3) is 5.69 Å². The van der Waals surface area contributed by atoms with E-state index in [1.54, 1.807) is 11.6 Å². The zero-order chi connectivity index (χ0) is 19.8. The van der Waals surface area contributed by atoms with Crippen molar-refractivity contribution in [1.82, 2.24) is 15.1 Å². The Hall–Kier alpha value is -3.41. The summed E-state index contributed by atoms with van der Waals surface area (Å²) in [5, 5.41) is 7.01. The lowest BCUT2D eigenvalue weighted by Crippen LogP contribution is -2.29. The summed E-state index contributed by atoms with van der Waals surface area (Å²) in [6.45, 7) is 2.02. The van der Waals surface area contributed by atoms with Gasteiger partial charge in [0.15, 0.2) is 6.61 Å². The average molecular weight is 377 g/mol. The molecule has 0 unspecified atom stereocenters. The van der Waals surface area contributed by atoms with Gasteiger partial charge in [-0.1, -0.05) is 48.5 Å². The van der Waals surface area contributed by atoms with Crippen molar-refractivity contribution in [2.24, 2.45) is 0 Å². The molecule has 1 heterocycles. The first-order valence-corrected chi connectivity index (χ1v) is 9.23. The standard InChI is InChI=1S/C22H23N3O3/c1-17-20(15-24-25(17)19-12-6-3-7-13-19)22(27)28-16-21(26)23-14-8-11-18-9-4-2-5-10-18/h2-7,9-10,12-13,15H,8,11,14,16H2,1H3,(H,23,26). The van der Waals surface area contributed by atoms with Crippen molar-refractivity contribution in [3.05, 3.63) is 83.7 Å². The maximum atomic E-state index is 12.3. The smallest absolute Gasteiger partial charge is 0.342 e. The van der Waals surface area contributed by atoms with Crippen LogP contribution in [0.4, 0.5) is 0 Å². The molecule has 3 rings (SSSR count). The van der Waals surface area contributed by atoms with E-state index in [1.165, 1.54) is 11.8 Å². The van der Waals surface area contributed by atoms with Crippen molar-refractivity contribution in [2.45, 2.75) is 19.8 Å². The van der Waals surface area contributed by atoms with Crippen LogP contribution in [0.1, 0.15) is 28.0 Å². The predicted octanol–water partition coefficient (Wildman–Crippen LogP) is 3.09. The van der Waals surface area contributed by atoms with E-state index in [2.05, 4.69) is 22.5 Å². The van der Waals surface area contributed by atoms with Gasteiger partial charge >= 0.3 is 5.97 Å². The number of esters is 1. The van der Waals surface area contributed by atoms with E-state index in [0.29, 0.717) is 17.8 Å². The number of ether oxygens (including phenoxy) is 1. The number of aromatic nitrogens is 2. The molecule has 0 bridgehead atoms. The van der Waals surface area contributed by atoms with Gasteiger partial charge in [0, 0.05) is 6.54 Å². The first-order valence-electron chi connectivity index (χ1n) is 9.23. The summed E-state index contributed by atoms with van der Waals surface area (Å²) >= 11 is 0. The monoisotopic (exact) mass is 377 g/mol. The third kappa shape index (κ3) is 5.07. The Morgan fingerprint density at radius 3 is 2.43 bits per heavy atom. The number of hydrogen-bond acceptors (Lipinski definition) is 4. The molecular formula is C22H23N3O3. The summed E-state index contributed by atoms with van der Waals surface area (Å²) in [5.74, 6) is -0.867. The number of carbonyl (C=O) groups is 2. The Balaban J connectivity index is 1.44. The lowest BCUT2D eigenvalue weighted by Gasteiger charge is -2.07. The topological polar surface area (TPSA) is 73.2 Å². The number of amides is 1. The lowest BCUT2D eigenvalue weighted by atomic mass is 10.1. The molecule has 0 fully saturated rings. The molecule has 2 aromatic carbocycles. The van der Waals surface area contributed by atoms with Crippen LogP contribution in [-0.2, 0) is 16.0 Å². The molecule has 1 N–H and O–H groups in total. The summed E-state index contributed by atoms with van der Waals surface area (Å²) in [7, 11) is 0. The van der Waals surface area contributed by atoms with Crippen molar-refractivity contribution in [3.63, 3.8) is 0 Å². The van der Waals surface area contributed by atoms with E-state index in [9.17, 15) is 9.59 Å². The molecule has 6 nitrogen and oxygen atoms in total. The third-order valence-electron chi connectivity index (χ3n) is 4.37. The Labute approximate surface area is 164 Å². The van der Waals surface area contributed by atoms with Gasteiger partial charge in [-0.2, -0.15) is 5.10 Å². The number of nitrogens with zero attached hydrogens (tertiary/aromatic N) is 2. The largest absolute Gasteiger partial charge is 0.452 e. The SMILES string of the molecule is Cc1c(C(=O)OCC(=O)NCCCc2ccccc2)cnn1-c1ccccc1. The molecule has 0 radical (unpaired) electrons. The molecule has 0 saturated heterocycles. The lowest BCUT2D eigenvalue weighted by molar-refractivity contribution is -0.124. The van der Waals surface area contributed by atoms with Crippen molar-refractivity contribution in [1.29, 1.82) is 0 Å². The van der Waals surface area contributed by atoms with Gasteiger partial charge in [-0.05, 0) is 37.5 Å². The zero-order valence-corrected chi connectivity index (χ0v) is 15.8. The molecule has 6 heteroatoms. The summed E-state index contributed by atoms with van der Waals surface area (Å²) in [6, 6.07) is 19.6. The molecule has 3 aromatic rings. The van der Waals surface area contributed by atoms with Gasteiger partial charge in [0.25, 0.3) is 5.91 Å². The quantitative estimate of drug-likeness (QED) is 0.484. The number of rotatable bonds is 8. The second-order valence-electron chi connectivity index (χ2n) is 6.41. The molecule has 0 spiro atoms. The summed E-state index contributed by atoms with van der Waals surface area (Å²) in [5.41, 5.74) is 3.10. The minimum absolute atomic E-state index is 0.305. The molecular weight excluding hydrogens is 354 g/mol. The number of para-hydroxylation sites is 1. The number of nitrogens with one attached hydrogen (secondary N) is 1. The Kier molecular flexibility index (Phi) is 6.57. The van der Waals surface area contributed by atoms with E-state index in [-0.39, 0.29) is 12.5 Å². The highest BCUT2D eigenvalue weighted by atomic mass is 16.5. The van der Waals surface area contributed by atoms with Crippen molar-refractivity contribution in [3.8, 4) is 5.69 Å².